The van der Waals surface area contributed by atoms with E-state index in [-0.39, 0.29) is 27.5 Å². The Bertz CT molecular complexity index is 1800. The van der Waals surface area contributed by atoms with Crippen LogP contribution in [0.1, 0.15) is 25.6 Å². The van der Waals surface area contributed by atoms with E-state index in [0.29, 0.717) is 15.8 Å². The summed E-state index contributed by atoms with van der Waals surface area (Å²) in [6, 6.07) is 13.9. The largest absolute Gasteiger partial charge is 0.465 e. The van der Waals surface area contributed by atoms with E-state index in [4.69, 9.17) is 9.47 Å². The van der Waals surface area contributed by atoms with Crippen LogP contribution in [0.4, 0.5) is 5.00 Å². The Labute approximate surface area is 224 Å². The lowest BCUT2D eigenvalue weighted by Crippen LogP contribution is -2.28. The minimum atomic E-state index is -0.706. The van der Waals surface area contributed by atoms with Crippen LogP contribution >= 0.6 is 22.7 Å². The van der Waals surface area contributed by atoms with Crippen LogP contribution in [-0.4, -0.2) is 41.6 Å². The molecule has 9 nitrogen and oxygen atoms in total. The number of ether oxygens (including phenoxy) is 2. The fourth-order valence-corrected chi connectivity index (χ4v) is 6.24. The number of carbonyl (C=O) groups is 3. The van der Waals surface area contributed by atoms with E-state index < -0.39 is 17.8 Å². The second kappa shape index (κ2) is 10.2. The van der Waals surface area contributed by atoms with E-state index in [2.05, 4.69) is 10.3 Å². The van der Waals surface area contributed by atoms with Crippen molar-refractivity contribution >= 4 is 66.5 Å². The van der Waals surface area contributed by atoms with Gasteiger partial charge in [-0.1, -0.05) is 36.4 Å². The first kappa shape index (κ1) is 25.3. The zero-order chi connectivity index (χ0) is 27.0. The topological polar surface area (TPSA) is 117 Å². The molecule has 3 aromatic heterocycles. The van der Waals surface area contributed by atoms with Crippen molar-refractivity contribution in [1.82, 2.24) is 9.55 Å². The van der Waals surface area contributed by atoms with Crippen LogP contribution in [0.2, 0.25) is 0 Å². The van der Waals surface area contributed by atoms with E-state index in [1.807, 2.05) is 47.8 Å². The molecule has 3 heterocycles. The number of methoxy groups -OCH3 is 2. The quantitative estimate of drug-likeness (QED) is 0.302. The number of benzene rings is 2. The zero-order valence-electron chi connectivity index (χ0n) is 20.6. The first-order chi connectivity index (χ1) is 18.3. The highest BCUT2D eigenvalue weighted by molar-refractivity contribution is 7.18. The Morgan fingerprint density at radius 2 is 1.76 bits per heavy atom. The molecule has 0 fully saturated rings. The molecular formula is C27H21N3O6S2. The van der Waals surface area contributed by atoms with Gasteiger partial charge in [-0.15, -0.1) is 22.7 Å². The van der Waals surface area contributed by atoms with Crippen LogP contribution in [-0.2, 0) is 20.8 Å². The number of nitrogens with one attached hydrogen (secondary N) is 1. The van der Waals surface area contributed by atoms with Gasteiger partial charge in [0.1, 0.15) is 21.3 Å². The van der Waals surface area contributed by atoms with Gasteiger partial charge in [0.25, 0.3) is 5.56 Å². The van der Waals surface area contributed by atoms with Crippen molar-refractivity contribution in [2.45, 2.75) is 13.5 Å². The highest BCUT2D eigenvalue weighted by Gasteiger charge is 2.27. The number of esters is 2. The number of anilines is 1. The second-order valence-electron chi connectivity index (χ2n) is 8.36. The first-order valence-electron chi connectivity index (χ1n) is 11.4. The van der Waals surface area contributed by atoms with Gasteiger partial charge in [-0.05, 0) is 34.9 Å². The number of fused-ring (bicyclic) bond motifs is 2. The fourth-order valence-electron chi connectivity index (χ4n) is 4.21. The predicted octanol–water partition coefficient (Wildman–Crippen LogP) is 4.86. The smallest absolute Gasteiger partial charge is 0.348 e. The summed E-state index contributed by atoms with van der Waals surface area (Å²) < 4.78 is 10.8. The number of amides is 1. The lowest BCUT2D eigenvalue weighted by Gasteiger charge is -2.08. The van der Waals surface area contributed by atoms with E-state index in [1.165, 1.54) is 36.5 Å². The van der Waals surface area contributed by atoms with Crippen LogP contribution in [0.25, 0.3) is 32.1 Å². The number of hydrogen-bond donors (Lipinski definition) is 1. The molecule has 0 radical (unpaired) electrons. The zero-order valence-corrected chi connectivity index (χ0v) is 22.2. The minimum Gasteiger partial charge on any atom is -0.465 e. The number of rotatable bonds is 6. The Kier molecular flexibility index (Phi) is 6.79. The molecular weight excluding hydrogens is 526 g/mol. The summed E-state index contributed by atoms with van der Waals surface area (Å²) in [5.74, 6) is -1.91. The summed E-state index contributed by atoms with van der Waals surface area (Å²) in [7, 11) is 2.43. The summed E-state index contributed by atoms with van der Waals surface area (Å²) in [5, 5.41) is 7.22. The van der Waals surface area contributed by atoms with Crippen molar-refractivity contribution in [3.8, 4) is 11.1 Å². The molecule has 0 saturated heterocycles. The third kappa shape index (κ3) is 4.46. The van der Waals surface area contributed by atoms with Crippen molar-refractivity contribution in [3.63, 3.8) is 0 Å². The Morgan fingerprint density at radius 1 is 1.03 bits per heavy atom. The minimum absolute atomic E-state index is 0.0589. The van der Waals surface area contributed by atoms with E-state index in [0.717, 1.165) is 33.2 Å². The second-order valence-corrected chi connectivity index (χ2v) is 10.2. The van der Waals surface area contributed by atoms with Crippen LogP contribution in [0.5, 0.6) is 0 Å². The molecule has 0 aliphatic heterocycles. The molecule has 0 atom stereocenters. The highest BCUT2D eigenvalue weighted by atomic mass is 32.1. The summed E-state index contributed by atoms with van der Waals surface area (Å²) >= 11 is 2.26. The molecule has 0 bridgehead atoms. The molecule has 192 valence electrons. The van der Waals surface area contributed by atoms with Gasteiger partial charge in [0, 0.05) is 10.9 Å². The molecule has 0 aliphatic carbocycles. The van der Waals surface area contributed by atoms with Crippen molar-refractivity contribution in [3.05, 3.63) is 80.5 Å². The normalized spacial score (nSPS) is 11.0. The molecule has 5 rings (SSSR count). The summed E-state index contributed by atoms with van der Waals surface area (Å²) in [4.78, 5) is 56.0. The molecule has 38 heavy (non-hydrogen) atoms. The number of carbonyl (C=O) groups excluding carboxylic acids is 3. The third-order valence-corrected chi connectivity index (χ3v) is 8.17. The number of nitrogens with zero attached hydrogens (tertiary/aromatic N) is 2. The van der Waals surface area contributed by atoms with E-state index in [9.17, 15) is 19.2 Å². The van der Waals surface area contributed by atoms with Crippen LogP contribution in [0.3, 0.4) is 0 Å². The molecule has 0 spiro atoms. The lowest BCUT2D eigenvalue weighted by molar-refractivity contribution is -0.116. The Morgan fingerprint density at radius 3 is 2.50 bits per heavy atom. The average molecular weight is 548 g/mol. The first-order valence-corrected chi connectivity index (χ1v) is 13.1. The molecule has 1 N–H and O–H groups in total. The van der Waals surface area contributed by atoms with Crippen LogP contribution in [0, 0.1) is 6.92 Å². The van der Waals surface area contributed by atoms with Crippen molar-refractivity contribution in [1.29, 1.82) is 0 Å². The van der Waals surface area contributed by atoms with Gasteiger partial charge < -0.3 is 14.8 Å². The molecule has 11 heteroatoms. The van der Waals surface area contributed by atoms with Crippen LogP contribution in [0.15, 0.2) is 59.0 Å². The summed E-state index contributed by atoms with van der Waals surface area (Å²) in [5.41, 5.74) is 1.65. The Hall–Kier alpha value is -4.35. The van der Waals surface area contributed by atoms with Gasteiger partial charge in [-0.3, -0.25) is 14.2 Å². The van der Waals surface area contributed by atoms with E-state index >= 15 is 0 Å². The Balaban J connectivity index is 1.48. The van der Waals surface area contributed by atoms with Gasteiger partial charge in [-0.2, -0.15) is 0 Å². The van der Waals surface area contributed by atoms with Gasteiger partial charge in [0.2, 0.25) is 5.91 Å². The fraction of sp³-hybridized carbons (Fsp3) is 0.148. The van der Waals surface area contributed by atoms with Crippen LogP contribution < -0.4 is 10.9 Å². The van der Waals surface area contributed by atoms with Crippen molar-refractivity contribution in [2.75, 3.05) is 19.5 Å². The highest BCUT2D eigenvalue weighted by Crippen LogP contribution is 2.35. The summed E-state index contributed by atoms with van der Waals surface area (Å²) in [6.45, 7) is 1.22. The maximum atomic E-state index is 13.5. The molecule has 0 unspecified atom stereocenters. The standard InChI is InChI=1S/C27H21N3O6S2/c1-14-20(26(33)35-2)24(38-22(14)27(34)36-3)29-19(31)11-30-13-28-23-21(25(30)32)18(12-37-23)17-9-8-15-6-4-5-7-16(15)10-17/h4-10,12-13H,11H2,1-3H3,(H,29,31). The van der Waals surface area contributed by atoms with Gasteiger partial charge in [-0.25, -0.2) is 14.6 Å². The predicted molar refractivity (Wildman–Crippen MR) is 147 cm³/mol. The number of aromatic nitrogens is 2. The number of thiophene rings is 2. The number of hydrogen-bond acceptors (Lipinski definition) is 9. The molecule has 0 saturated carbocycles. The molecule has 1 amide bonds. The SMILES string of the molecule is COC(=O)c1sc(NC(=O)Cn2cnc3scc(-c4ccc5ccccc5c4)c3c2=O)c(C(=O)OC)c1C. The maximum absolute atomic E-state index is 13.5. The third-order valence-electron chi connectivity index (χ3n) is 6.10. The maximum Gasteiger partial charge on any atom is 0.348 e. The van der Waals surface area contributed by atoms with Crippen molar-refractivity contribution < 1.29 is 23.9 Å². The van der Waals surface area contributed by atoms with Gasteiger partial charge >= 0.3 is 11.9 Å². The lowest BCUT2D eigenvalue weighted by atomic mass is 10.0. The summed E-state index contributed by atoms with van der Waals surface area (Å²) in [6.07, 6.45) is 1.33. The molecule has 2 aromatic carbocycles. The average Bonchev–Trinajstić information content (AvgIpc) is 3.50. The monoisotopic (exact) mass is 547 g/mol. The van der Waals surface area contributed by atoms with E-state index in [1.54, 1.807) is 6.92 Å². The molecule has 0 aliphatic rings. The van der Waals surface area contributed by atoms with Gasteiger partial charge in [0.05, 0.1) is 31.5 Å². The van der Waals surface area contributed by atoms with Crippen molar-refractivity contribution in [2.24, 2.45) is 0 Å². The van der Waals surface area contributed by atoms with Gasteiger partial charge in [0.15, 0.2) is 0 Å². The molecule has 5 aromatic rings.